The summed E-state index contributed by atoms with van der Waals surface area (Å²) in [5, 5.41) is 8.56. The molecule has 1 aromatic rings. The molecule has 0 bridgehead atoms. The summed E-state index contributed by atoms with van der Waals surface area (Å²) < 4.78 is 1.20. The number of aliphatic carboxylic acids is 1. The van der Waals surface area contributed by atoms with Crippen LogP contribution in [0.5, 0.6) is 0 Å². The number of nitrogens with two attached hydrogens (primary N) is 1. The van der Waals surface area contributed by atoms with Gasteiger partial charge in [0.2, 0.25) is 0 Å². The first-order chi connectivity index (χ1) is 5.52. The quantitative estimate of drug-likeness (QED) is 0.866. The zero-order valence-electron chi connectivity index (χ0n) is 5.75. The van der Waals surface area contributed by atoms with E-state index in [1.165, 1.54) is 0 Å². The second kappa shape index (κ2) is 3.74. The maximum Gasteiger partial charge on any atom is 0.325 e. The highest BCUT2D eigenvalue weighted by atomic mass is 79.9. The van der Waals surface area contributed by atoms with Gasteiger partial charge in [-0.25, -0.2) is 0 Å². The van der Waals surface area contributed by atoms with Gasteiger partial charge in [0.05, 0.1) is 0 Å². The standard InChI is InChI=1S/C6H5BrClNO2S/c7-2-1-3(12-5(2)8)4(9)6(10)11/h1,4H,9H2,(H,10,11). The van der Waals surface area contributed by atoms with Crippen molar-refractivity contribution in [3.8, 4) is 0 Å². The smallest absolute Gasteiger partial charge is 0.325 e. The number of hydrogen-bond acceptors (Lipinski definition) is 3. The van der Waals surface area contributed by atoms with E-state index in [0.29, 0.717) is 13.7 Å². The summed E-state index contributed by atoms with van der Waals surface area (Å²) in [4.78, 5) is 11.0. The van der Waals surface area contributed by atoms with E-state index < -0.39 is 12.0 Å². The topological polar surface area (TPSA) is 63.3 Å². The van der Waals surface area contributed by atoms with Crippen LogP contribution in [0.15, 0.2) is 10.5 Å². The van der Waals surface area contributed by atoms with Gasteiger partial charge in [0, 0.05) is 9.35 Å². The maximum absolute atomic E-state index is 10.4. The zero-order chi connectivity index (χ0) is 9.30. The molecular weight excluding hydrogens is 265 g/mol. The number of carboxylic acids is 1. The van der Waals surface area contributed by atoms with Crippen LogP contribution in [-0.2, 0) is 4.79 Å². The Morgan fingerprint density at radius 1 is 1.83 bits per heavy atom. The molecule has 1 heterocycles. The number of halogens is 2. The van der Waals surface area contributed by atoms with E-state index in [1.54, 1.807) is 6.07 Å². The Balaban J connectivity index is 2.96. The third-order valence-electron chi connectivity index (χ3n) is 1.24. The molecule has 12 heavy (non-hydrogen) atoms. The average molecular weight is 271 g/mol. The molecule has 1 unspecified atom stereocenters. The van der Waals surface area contributed by atoms with Crippen LogP contribution in [0.25, 0.3) is 0 Å². The van der Waals surface area contributed by atoms with E-state index in [0.717, 1.165) is 11.3 Å². The third-order valence-corrected chi connectivity index (χ3v) is 3.79. The molecule has 0 aliphatic heterocycles. The predicted molar refractivity (Wildman–Crippen MR) is 51.6 cm³/mol. The molecule has 0 aromatic carbocycles. The molecule has 1 aromatic heterocycles. The van der Waals surface area contributed by atoms with E-state index in [2.05, 4.69) is 15.9 Å². The summed E-state index contributed by atoms with van der Waals surface area (Å²) in [5.41, 5.74) is 5.35. The van der Waals surface area contributed by atoms with Gasteiger partial charge in [-0.15, -0.1) is 11.3 Å². The Bertz CT molecular complexity index is 295. The van der Waals surface area contributed by atoms with Crippen molar-refractivity contribution >= 4 is 44.8 Å². The molecule has 1 rings (SSSR count). The summed E-state index contributed by atoms with van der Waals surface area (Å²) in [6.45, 7) is 0. The summed E-state index contributed by atoms with van der Waals surface area (Å²) in [6.07, 6.45) is 0. The van der Waals surface area contributed by atoms with Crippen molar-refractivity contribution in [3.63, 3.8) is 0 Å². The minimum Gasteiger partial charge on any atom is -0.480 e. The van der Waals surface area contributed by atoms with Crippen molar-refractivity contribution in [2.45, 2.75) is 6.04 Å². The van der Waals surface area contributed by atoms with Crippen LogP contribution in [0, 0.1) is 0 Å². The fourth-order valence-corrected chi connectivity index (χ4v) is 2.37. The Morgan fingerprint density at radius 2 is 2.42 bits per heavy atom. The lowest BCUT2D eigenvalue weighted by Gasteiger charge is -2.00. The molecule has 66 valence electrons. The molecule has 3 N–H and O–H groups in total. The van der Waals surface area contributed by atoms with Gasteiger partial charge in [-0.2, -0.15) is 0 Å². The predicted octanol–water partition coefficient (Wildman–Crippen LogP) is 2.25. The van der Waals surface area contributed by atoms with Gasteiger partial charge in [0.1, 0.15) is 10.4 Å². The number of carboxylic acid groups (broad SMARTS) is 1. The second-order valence-electron chi connectivity index (χ2n) is 2.09. The molecule has 0 saturated carbocycles. The first kappa shape index (κ1) is 9.98. The van der Waals surface area contributed by atoms with Crippen molar-refractivity contribution in [3.05, 3.63) is 19.8 Å². The number of rotatable bonds is 2. The minimum absolute atomic E-state index is 0.515. The summed E-state index contributed by atoms with van der Waals surface area (Å²) in [5.74, 6) is -1.06. The Kier molecular flexibility index (Phi) is 3.11. The molecule has 6 heteroatoms. The molecule has 0 saturated heterocycles. The molecule has 0 aliphatic carbocycles. The highest BCUT2D eigenvalue weighted by Crippen LogP contribution is 2.34. The minimum atomic E-state index is -1.06. The maximum atomic E-state index is 10.4. The van der Waals surface area contributed by atoms with E-state index in [1.807, 2.05) is 0 Å². The molecular formula is C6H5BrClNO2S. The van der Waals surface area contributed by atoms with Crippen LogP contribution in [0.2, 0.25) is 4.34 Å². The SMILES string of the molecule is NC(C(=O)O)c1cc(Br)c(Cl)s1. The van der Waals surface area contributed by atoms with Gasteiger partial charge in [0.15, 0.2) is 0 Å². The van der Waals surface area contributed by atoms with Crippen molar-refractivity contribution in [2.24, 2.45) is 5.73 Å². The van der Waals surface area contributed by atoms with Crippen molar-refractivity contribution in [1.29, 1.82) is 0 Å². The monoisotopic (exact) mass is 269 g/mol. The first-order valence-corrected chi connectivity index (χ1v) is 4.94. The van der Waals surface area contributed by atoms with E-state index in [9.17, 15) is 4.79 Å². The fourth-order valence-electron chi connectivity index (χ4n) is 0.638. The molecule has 0 radical (unpaired) electrons. The van der Waals surface area contributed by atoms with Gasteiger partial charge in [-0.1, -0.05) is 11.6 Å². The Labute approximate surface area is 86.3 Å². The first-order valence-electron chi connectivity index (χ1n) is 2.95. The normalized spacial score (nSPS) is 12.9. The Hall–Kier alpha value is -0.100. The van der Waals surface area contributed by atoms with Gasteiger partial charge in [0.25, 0.3) is 0 Å². The third kappa shape index (κ3) is 1.98. The second-order valence-corrected chi connectivity index (χ2v) is 4.63. The zero-order valence-corrected chi connectivity index (χ0v) is 8.91. The van der Waals surface area contributed by atoms with Crippen molar-refractivity contribution in [1.82, 2.24) is 0 Å². The van der Waals surface area contributed by atoms with Crippen LogP contribution >= 0.6 is 38.9 Å². The van der Waals surface area contributed by atoms with Crippen LogP contribution in [-0.4, -0.2) is 11.1 Å². The van der Waals surface area contributed by atoms with Gasteiger partial charge >= 0.3 is 5.97 Å². The fraction of sp³-hybridized carbons (Fsp3) is 0.167. The van der Waals surface area contributed by atoms with Crippen molar-refractivity contribution in [2.75, 3.05) is 0 Å². The number of thiophene rings is 1. The average Bonchev–Trinajstić information content (AvgIpc) is 2.30. The summed E-state index contributed by atoms with van der Waals surface area (Å²) in [6, 6.07) is 0.630. The lowest BCUT2D eigenvalue weighted by molar-refractivity contribution is -0.138. The number of carbonyl (C=O) groups is 1. The van der Waals surface area contributed by atoms with Gasteiger partial charge < -0.3 is 10.8 Å². The highest BCUT2D eigenvalue weighted by Gasteiger charge is 2.17. The van der Waals surface area contributed by atoms with Crippen LogP contribution in [0.3, 0.4) is 0 Å². The molecule has 0 spiro atoms. The molecule has 0 aliphatic rings. The van der Waals surface area contributed by atoms with Crippen LogP contribution in [0.1, 0.15) is 10.9 Å². The molecule has 0 amide bonds. The van der Waals surface area contributed by atoms with E-state index in [-0.39, 0.29) is 0 Å². The van der Waals surface area contributed by atoms with E-state index in [4.69, 9.17) is 22.4 Å². The Morgan fingerprint density at radius 3 is 2.75 bits per heavy atom. The molecule has 3 nitrogen and oxygen atoms in total. The highest BCUT2D eigenvalue weighted by molar-refractivity contribution is 9.10. The van der Waals surface area contributed by atoms with Crippen LogP contribution in [0.4, 0.5) is 0 Å². The lowest BCUT2D eigenvalue weighted by Crippen LogP contribution is -2.19. The summed E-state index contributed by atoms with van der Waals surface area (Å²) >= 11 is 10.0. The lowest BCUT2D eigenvalue weighted by atomic mass is 10.3. The van der Waals surface area contributed by atoms with Crippen LogP contribution < -0.4 is 5.73 Å². The number of hydrogen-bond donors (Lipinski definition) is 2. The van der Waals surface area contributed by atoms with Crippen molar-refractivity contribution < 1.29 is 9.90 Å². The molecule has 1 atom stereocenters. The summed E-state index contributed by atoms with van der Waals surface area (Å²) in [7, 11) is 0. The van der Waals surface area contributed by atoms with Gasteiger partial charge in [-0.05, 0) is 22.0 Å². The molecule has 0 fully saturated rings. The van der Waals surface area contributed by atoms with Gasteiger partial charge in [-0.3, -0.25) is 4.79 Å². The van der Waals surface area contributed by atoms with E-state index >= 15 is 0 Å². The largest absolute Gasteiger partial charge is 0.480 e.